The molecule has 2 saturated heterocycles. The summed E-state index contributed by atoms with van der Waals surface area (Å²) in [6.07, 6.45) is -16.0. The van der Waals surface area contributed by atoms with E-state index in [4.69, 9.17) is 0 Å². The largest absolute Gasteiger partial charge is 0.434 e. The molecule has 23 heavy (non-hydrogen) atoms. The lowest BCUT2D eigenvalue weighted by Gasteiger charge is -2.50. The minimum absolute atomic E-state index is 0.104. The van der Waals surface area contributed by atoms with Gasteiger partial charge in [-0.2, -0.15) is 26.3 Å². The zero-order chi connectivity index (χ0) is 17.6. The summed E-state index contributed by atoms with van der Waals surface area (Å²) in [5.41, 5.74) is -0.705. The number of ether oxygens (including phenoxy) is 1. The molecule has 1 spiro atoms. The van der Waals surface area contributed by atoms with Gasteiger partial charge in [0.05, 0.1) is 5.54 Å². The molecule has 2 aliphatic heterocycles. The Balaban J connectivity index is 2.06. The number of likely N-dealkylation sites (tertiary alicyclic amines) is 2. The number of hydrogen-bond acceptors (Lipinski definition) is 3. The second-order valence-electron chi connectivity index (χ2n) is 6.29. The van der Waals surface area contributed by atoms with Gasteiger partial charge in [-0.1, -0.05) is 0 Å². The highest BCUT2D eigenvalue weighted by molar-refractivity contribution is 5.70. The highest BCUT2D eigenvalue weighted by atomic mass is 19.4. The second kappa shape index (κ2) is 5.71. The molecule has 0 aromatic rings. The van der Waals surface area contributed by atoms with E-state index >= 15 is 0 Å². The van der Waals surface area contributed by atoms with E-state index in [-0.39, 0.29) is 12.6 Å². The molecule has 0 aromatic heterocycles. The van der Waals surface area contributed by atoms with Crippen molar-refractivity contribution in [3.63, 3.8) is 0 Å². The van der Waals surface area contributed by atoms with Crippen LogP contribution in [0.25, 0.3) is 0 Å². The Morgan fingerprint density at radius 3 is 1.91 bits per heavy atom. The third-order valence-corrected chi connectivity index (χ3v) is 4.50. The predicted octanol–water partition coefficient (Wildman–Crippen LogP) is 3.17. The maximum Gasteiger partial charge on any atom is 0.434 e. The quantitative estimate of drug-likeness (QED) is 0.719. The van der Waals surface area contributed by atoms with Crippen molar-refractivity contribution >= 4 is 6.09 Å². The summed E-state index contributed by atoms with van der Waals surface area (Å²) >= 11 is 0. The first kappa shape index (κ1) is 18.2. The van der Waals surface area contributed by atoms with E-state index in [1.54, 1.807) is 0 Å². The van der Waals surface area contributed by atoms with Gasteiger partial charge < -0.3 is 9.64 Å². The van der Waals surface area contributed by atoms with Crippen LogP contribution >= 0.6 is 0 Å². The molecule has 134 valence electrons. The van der Waals surface area contributed by atoms with E-state index in [1.165, 1.54) is 0 Å². The number of hydrogen-bond donors (Lipinski definition) is 0. The highest BCUT2D eigenvalue weighted by Crippen LogP contribution is 2.42. The predicted molar refractivity (Wildman–Crippen MR) is 67.8 cm³/mol. The van der Waals surface area contributed by atoms with Crippen molar-refractivity contribution in [1.29, 1.82) is 0 Å². The molecule has 0 radical (unpaired) electrons. The molecule has 2 heterocycles. The maximum atomic E-state index is 12.5. The number of nitrogens with zero attached hydrogens (tertiary/aromatic N) is 2. The first-order chi connectivity index (χ1) is 10.4. The van der Waals surface area contributed by atoms with E-state index in [0.717, 1.165) is 4.90 Å². The Hall–Kier alpha value is -1.19. The molecule has 1 atom stereocenters. The molecule has 0 N–H and O–H groups in total. The first-order valence-corrected chi connectivity index (χ1v) is 7.22. The van der Waals surface area contributed by atoms with Gasteiger partial charge in [-0.05, 0) is 26.7 Å². The normalized spacial score (nSPS) is 26.3. The SMILES string of the molecule is CC(C)N1CCC2(CCN2C(=O)OC(C(F)(F)F)C(F)(F)F)C1. The smallest absolute Gasteiger partial charge is 0.426 e. The molecule has 0 bridgehead atoms. The van der Waals surface area contributed by atoms with Crippen LogP contribution in [0.4, 0.5) is 31.1 Å². The van der Waals surface area contributed by atoms with E-state index in [1.807, 2.05) is 18.7 Å². The lowest BCUT2D eigenvalue weighted by molar-refractivity contribution is -0.309. The fourth-order valence-electron chi connectivity index (χ4n) is 3.06. The Morgan fingerprint density at radius 1 is 1.04 bits per heavy atom. The van der Waals surface area contributed by atoms with Crippen LogP contribution in [0.1, 0.15) is 26.7 Å². The summed E-state index contributed by atoms with van der Waals surface area (Å²) in [5, 5.41) is 0. The van der Waals surface area contributed by atoms with Gasteiger partial charge in [0.15, 0.2) is 0 Å². The van der Waals surface area contributed by atoms with Gasteiger partial charge in [0.2, 0.25) is 0 Å². The molecule has 0 saturated carbocycles. The van der Waals surface area contributed by atoms with Crippen LogP contribution in [0.15, 0.2) is 0 Å². The Kier molecular flexibility index (Phi) is 4.51. The zero-order valence-corrected chi connectivity index (χ0v) is 12.7. The molecular formula is C13H18F6N2O2. The van der Waals surface area contributed by atoms with E-state index in [0.29, 0.717) is 25.9 Å². The summed E-state index contributed by atoms with van der Waals surface area (Å²) in [6.45, 7) is 5.05. The number of alkyl halides is 6. The summed E-state index contributed by atoms with van der Waals surface area (Å²) in [6, 6.07) is 0.186. The summed E-state index contributed by atoms with van der Waals surface area (Å²) in [5.74, 6) is 0. The fraction of sp³-hybridized carbons (Fsp3) is 0.923. The average Bonchev–Trinajstić information content (AvgIpc) is 2.79. The van der Waals surface area contributed by atoms with Crippen LogP contribution < -0.4 is 0 Å². The van der Waals surface area contributed by atoms with E-state index in [2.05, 4.69) is 4.74 Å². The van der Waals surface area contributed by atoms with Crippen molar-refractivity contribution in [3.8, 4) is 0 Å². The van der Waals surface area contributed by atoms with Crippen LogP contribution in [0.3, 0.4) is 0 Å². The molecule has 4 nitrogen and oxygen atoms in total. The van der Waals surface area contributed by atoms with Gasteiger partial charge in [-0.25, -0.2) is 4.79 Å². The monoisotopic (exact) mass is 348 g/mol. The van der Waals surface area contributed by atoms with Crippen LogP contribution in [0.2, 0.25) is 0 Å². The summed E-state index contributed by atoms with van der Waals surface area (Å²) < 4.78 is 78.6. The number of carbonyl (C=O) groups excluding carboxylic acids is 1. The summed E-state index contributed by atoms with van der Waals surface area (Å²) in [4.78, 5) is 14.9. The van der Waals surface area contributed by atoms with Crippen molar-refractivity contribution in [2.24, 2.45) is 0 Å². The molecule has 2 rings (SSSR count). The molecule has 0 aliphatic carbocycles. The standard InChI is InChI=1S/C13H18F6N2O2/c1-8(2)20-5-3-11(7-20)4-6-21(11)10(22)23-9(12(14,15)16)13(17,18)19/h8-9H,3-7H2,1-2H3. The van der Waals surface area contributed by atoms with Crippen LogP contribution in [0, 0.1) is 0 Å². The van der Waals surface area contributed by atoms with Gasteiger partial charge >= 0.3 is 18.4 Å². The van der Waals surface area contributed by atoms with Crippen molar-refractivity contribution in [1.82, 2.24) is 9.80 Å². The highest BCUT2D eigenvalue weighted by Gasteiger charge is 2.61. The lowest BCUT2D eigenvalue weighted by Crippen LogP contribution is -2.64. The topological polar surface area (TPSA) is 32.8 Å². The first-order valence-electron chi connectivity index (χ1n) is 7.22. The number of rotatable bonds is 2. The maximum absolute atomic E-state index is 12.5. The van der Waals surface area contributed by atoms with Gasteiger partial charge in [-0.3, -0.25) is 4.90 Å². The summed E-state index contributed by atoms with van der Waals surface area (Å²) in [7, 11) is 0. The van der Waals surface area contributed by atoms with Crippen molar-refractivity contribution in [2.75, 3.05) is 19.6 Å². The van der Waals surface area contributed by atoms with Gasteiger partial charge in [0, 0.05) is 25.7 Å². The lowest BCUT2D eigenvalue weighted by atomic mass is 9.84. The van der Waals surface area contributed by atoms with E-state index in [9.17, 15) is 31.1 Å². The van der Waals surface area contributed by atoms with E-state index < -0.39 is 30.1 Å². The van der Waals surface area contributed by atoms with Crippen molar-refractivity contribution < 1.29 is 35.9 Å². The Bertz CT molecular complexity index is 450. The number of carbonyl (C=O) groups is 1. The fourth-order valence-corrected chi connectivity index (χ4v) is 3.06. The number of amides is 1. The molecule has 2 aliphatic rings. The molecule has 1 unspecified atom stereocenters. The van der Waals surface area contributed by atoms with Crippen LogP contribution in [0.5, 0.6) is 0 Å². The second-order valence-corrected chi connectivity index (χ2v) is 6.29. The van der Waals surface area contributed by atoms with Crippen molar-refractivity contribution in [2.45, 2.75) is 56.7 Å². The number of halogens is 6. The van der Waals surface area contributed by atoms with Gasteiger partial charge in [0.25, 0.3) is 6.10 Å². The van der Waals surface area contributed by atoms with Gasteiger partial charge in [0.1, 0.15) is 0 Å². The molecule has 10 heteroatoms. The minimum Gasteiger partial charge on any atom is -0.426 e. The third kappa shape index (κ3) is 3.51. The molecule has 2 fully saturated rings. The zero-order valence-electron chi connectivity index (χ0n) is 12.7. The molecule has 1 amide bonds. The van der Waals surface area contributed by atoms with Crippen molar-refractivity contribution in [3.05, 3.63) is 0 Å². The average molecular weight is 348 g/mol. The molecular weight excluding hydrogens is 330 g/mol. The Labute approximate surface area is 129 Å². The van der Waals surface area contributed by atoms with Crippen LogP contribution in [-0.2, 0) is 4.74 Å². The van der Waals surface area contributed by atoms with Crippen LogP contribution in [-0.4, -0.2) is 65.6 Å². The Morgan fingerprint density at radius 2 is 1.57 bits per heavy atom. The minimum atomic E-state index is -5.69. The molecule has 0 aromatic carbocycles. The van der Waals surface area contributed by atoms with Gasteiger partial charge in [-0.15, -0.1) is 0 Å². The third-order valence-electron chi connectivity index (χ3n) is 4.50.